The number of aliphatic carboxylic acids is 1. The summed E-state index contributed by atoms with van der Waals surface area (Å²) in [6, 6.07) is 10.0. The Morgan fingerprint density at radius 1 is 1.20 bits per heavy atom. The van der Waals surface area contributed by atoms with Crippen LogP contribution in [0.5, 0.6) is 0 Å². The molecule has 1 atom stereocenters. The first-order valence-electron chi connectivity index (χ1n) is 6.87. The minimum absolute atomic E-state index is 0.405. The molecule has 0 saturated heterocycles. The van der Waals surface area contributed by atoms with Gasteiger partial charge in [0.1, 0.15) is 5.92 Å². The highest BCUT2D eigenvalue weighted by atomic mass is 16.4. The normalized spacial score (nSPS) is 12.8. The van der Waals surface area contributed by atoms with Crippen molar-refractivity contribution in [2.24, 2.45) is 11.3 Å². The van der Waals surface area contributed by atoms with E-state index in [0.29, 0.717) is 6.54 Å². The van der Waals surface area contributed by atoms with Crippen LogP contribution >= 0.6 is 0 Å². The Bertz CT molecular complexity index is 449. The summed E-state index contributed by atoms with van der Waals surface area (Å²) in [5, 5.41) is 11.9. The molecule has 0 heterocycles. The summed E-state index contributed by atoms with van der Waals surface area (Å²) < 4.78 is 0. The summed E-state index contributed by atoms with van der Waals surface area (Å²) >= 11 is 0. The predicted molar refractivity (Wildman–Crippen MR) is 78.4 cm³/mol. The Morgan fingerprint density at radius 2 is 1.80 bits per heavy atom. The van der Waals surface area contributed by atoms with Crippen molar-refractivity contribution in [3.05, 3.63) is 35.9 Å². The molecule has 0 aromatic heterocycles. The molecule has 4 heteroatoms. The highest BCUT2D eigenvalue weighted by molar-refractivity contribution is 5.97. The van der Waals surface area contributed by atoms with Gasteiger partial charge in [0.25, 0.3) is 0 Å². The lowest BCUT2D eigenvalue weighted by Gasteiger charge is -2.25. The van der Waals surface area contributed by atoms with E-state index in [0.717, 1.165) is 12.8 Å². The third kappa shape index (κ3) is 5.03. The Hall–Kier alpha value is -1.84. The molecule has 1 aromatic rings. The number of hydrogen-bond acceptors (Lipinski definition) is 2. The van der Waals surface area contributed by atoms with Crippen LogP contribution < -0.4 is 5.32 Å². The van der Waals surface area contributed by atoms with Crippen molar-refractivity contribution >= 4 is 11.9 Å². The van der Waals surface area contributed by atoms with Crippen LogP contribution in [0.1, 0.15) is 32.8 Å². The smallest absolute Gasteiger partial charge is 0.316 e. The summed E-state index contributed by atoms with van der Waals surface area (Å²) in [6.45, 7) is 5.77. The molecular formula is C16H23NO3. The summed E-state index contributed by atoms with van der Waals surface area (Å²) in [5.74, 6) is -2.49. The van der Waals surface area contributed by atoms with Gasteiger partial charge in [-0.3, -0.25) is 9.59 Å². The lowest BCUT2D eigenvalue weighted by Crippen LogP contribution is -2.43. The first-order valence-corrected chi connectivity index (χ1v) is 6.87. The molecule has 2 N–H and O–H groups in total. The average Bonchev–Trinajstić information content (AvgIpc) is 2.33. The number of nitrogens with one attached hydrogen (secondary N) is 1. The summed E-state index contributed by atoms with van der Waals surface area (Å²) in [7, 11) is 0. The number of rotatable bonds is 6. The zero-order chi connectivity index (χ0) is 15.2. The lowest BCUT2D eigenvalue weighted by atomic mass is 9.80. The fourth-order valence-corrected chi connectivity index (χ4v) is 2.13. The summed E-state index contributed by atoms with van der Waals surface area (Å²) in [6.07, 6.45) is 1.67. The van der Waals surface area contributed by atoms with Gasteiger partial charge in [-0.05, 0) is 23.8 Å². The summed E-state index contributed by atoms with van der Waals surface area (Å²) in [4.78, 5) is 23.1. The third-order valence-electron chi connectivity index (χ3n) is 3.16. The standard InChI is InChI=1S/C16H23NO3/c1-16(2,3)13(15(19)20)14(18)17-11-7-10-12-8-5-4-6-9-12/h4-6,8-9,13H,7,10-11H2,1-3H3,(H,17,18)(H,19,20). The van der Waals surface area contributed by atoms with Crippen molar-refractivity contribution in [3.8, 4) is 0 Å². The van der Waals surface area contributed by atoms with Crippen molar-refractivity contribution in [3.63, 3.8) is 0 Å². The molecule has 0 radical (unpaired) electrons. The molecule has 110 valence electrons. The Morgan fingerprint density at radius 3 is 2.30 bits per heavy atom. The second-order valence-corrected chi connectivity index (χ2v) is 6.02. The van der Waals surface area contributed by atoms with Gasteiger partial charge in [-0.15, -0.1) is 0 Å². The molecule has 1 unspecified atom stereocenters. The number of carboxylic acids is 1. The van der Waals surface area contributed by atoms with Crippen LogP contribution in [0.25, 0.3) is 0 Å². The molecule has 0 fully saturated rings. The molecule has 4 nitrogen and oxygen atoms in total. The van der Waals surface area contributed by atoms with E-state index in [9.17, 15) is 9.59 Å². The zero-order valence-corrected chi connectivity index (χ0v) is 12.3. The second kappa shape index (κ2) is 7.08. The second-order valence-electron chi connectivity index (χ2n) is 6.02. The Labute approximate surface area is 120 Å². The molecule has 0 aliphatic rings. The van der Waals surface area contributed by atoms with Crippen molar-refractivity contribution in [2.45, 2.75) is 33.6 Å². The fraction of sp³-hybridized carbons (Fsp3) is 0.500. The highest BCUT2D eigenvalue weighted by Gasteiger charge is 2.37. The molecule has 1 amide bonds. The van der Waals surface area contributed by atoms with Crippen LogP contribution in [-0.2, 0) is 16.0 Å². The molecule has 20 heavy (non-hydrogen) atoms. The van der Waals surface area contributed by atoms with E-state index in [1.165, 1.54) is 5.56 Å². The first-order chi connectivity index (χ1) is 9.32. The molecule has 1 aromatic carbocycles. The quantitative estimate of drug-likeness (QED) is 0.620. The number of carbonyl (C=O) groups is 2. The van der Waals surface area contributed by atoms with E-state index in [-0.39, 0.29) is 0 Å². The van der Waals surface area contributed by atoms with Gasteiger partial charge in [0, 0.05) is 6.54 Å². The number of amides is 1. The predicted octanol–water partition coefficient (Wildman–Crippen LogP) is 2.48. The van der Waals surface area contributed by atoms with E-state index in [1.54, 1.807) is 20.8 Å². The minimum atomic E-state index is -1.07. The number of aryl methyl sites for hydroxylation is 1. The van der Waals surface area contributed by atoms with E-state index in [4.69, 9.17) is 5.11 Å². The number of benzene rings is 1. The highest BCUT2D eigenvalue weighted by Crippen LogP contribution is 2.26. The molecule has 0 bridgehead atoms. The van der Waals surface area contributed by atoms with Crippen LogP contribution in [0.15, 0.2) is 30.3 Å². The van der Waals surface area contributed by atoms with Gasteiger partial charge < -0.3 is 10.4 Å². The lowest BCUT2D eigenvalue weighted by molar-refractivity contribution is -0.151. The maximum Gasteiger partial charge on any atom is 0.316 e. The minimum Gasteiger partial charge on any atom is -0.481 e. The van der Waals surface area contributed by atoms with Crippen molar-refractivity contribution < 1.29 is 14.7 Å². The maximum atomic E-state index is 12.0. The molecule has 0 spiro atoms. The molecular weight excluding hydrogens is 254 g/mol. The molecule has 1 rings (SSSR count). The monoisotopic (exact) mass is 277 g/mol. The molecule has 0 aliphatic carbocycles. The van der Waals surface area contributed by atoms with Crippen LogP contribution in [-0.4, -0.2) is 23.5 Å². The fourth-order valence-electron chi connectivity index (χ4n) is 2.13. The van der Waals surface area contributed by atoms with Crippen LogP contribution in [0.2, 0.25) is 0 Å². The topological polar surface area (TPSA) is 66.4 Å². The van der Waals surface area contributed by atoms with E-state index in [1.807, 2.05) is 30.3 Å². The number of carbonyl (C=O) groups excluding carboxylic acids is 1. The average molecular weight is 277 g/mol. The number of carboxylic acid groups (broad SMARTS) is 1. The van der Waals surface area contributed by atoms with Crippen molar-refractivity contribution in [1.29, 1.82) is 0 Å². The molecule has 0 saturated carbocycles. The van der Waals surface area contributed by atoms with Gasteiger partial charge in [-0.2, -0.15) is 0 Å². The Kier molecular flexibility index (Phi) is 5.74. The Balaban J connectivity index is 2.41. The molecule has 0 aliphatic heterocycles. The summed E-state index contributed by atoms with van der Waals surface area (Å²) in [5.41, 5.74) is 0.627. The van der Waals surface area contributed by atoms with Crippen LogP contribution in [0.3, 0.4) is 0 Å². The van der Waals surface area contributed by atoms with Gasteiger partial charge in [-0.25, -0.2) is 0 Å². The van der Waals surface area contributed by atoms with Gasteiger partial charge >= 0.3 is 5.97 Å². The van der Waals surface area contributed by atoms with Crippen LogP contribution in [0.4, 0.5) is 0 Å². The van der Waals surface area contributed by atoms with E-state index < -0.39 is 23.2 Å². The van der Waals surface area contributed by atoms with Crippen molar-refractivity contribution in [2.75, 3.05) is 6.54 Å². The van der Waals surface area contributed by atoms with E-state index in [2.05, 4.69) is 5.32 Å². The zero-order valence-electron chi connectivity index (χ0n) is 12.3. The van der Waals surface area contributed by atoms with Crippen molar-refractivity contribution in [1.82, 2.24) is 5.32 Å². The van der Waals surface area contributed by atoms with Gasteiger partial charge in [0.2, 0.25) is 5.91 Å². The van der Waals surface area contributed by atoms with Gasteiger partial charge in [0.15, 0.2) is 0 Å². The van der Waals surface area contributed by atoms with Crippen LogP contribution in [0, 0.1) is 11.3 Å². The van der Waals surface area contributed by atoms with Gasteiger partial charge in [-0.1, -0.05) is 51.1 Å². The first kappa shape index (κ1) is 16.2. The van der Waals surface area contributed by atoms with E-state index >= 15 is 0 Å². The number of hydrogen-bond donors (Lipinski definition) is 2. The SMILES string of the molecule is CC(C)(C)C(C(=O)O)C(=O)NCCCc1ccccc1. The van der Waals surface area contributed by atoms with Gasteiger partial charge in [0.05, 0.1) is 0 Å². The largest absolute Gasteiger partial charge is 0.481 e. The maximum absolute atomic E-state index is 12.0. The third-order valence-corrected chi connectivity index (χ3v) is 3.16.